The highest BCUT2D eigenvalue weighted by Gasteiger charge is 2.12. The second kappa shape index (κ2) is 8.70. The third kappa shape index (κ3) is 5.22. The van der Waals surface area contributed by atoms with Crippen LogP contribution in [0, 0.1) is 0 Å². The Morgan fingerprint density at radius 3 is 2.80 bits per heavy atom. The maximum atomic E-state index is 12.0. The van der Waals surface area contributed by atoms with E-state index in [4.69, 9.17) is 16.3 Å². The minimum Gasteiger partial charge on any atom is -0.507 e. The molecule has 25 heavy (non-hydrogen) atoms. The SMILES string of the molecule is COc1ccccc1C(=O)NCC(=O)NN=Cc1cc(Cl)ccc1O. The fourth-order valence-electron chi connectivity index (χ4n) is 1.93. The first-order valence-corrected chi connectivity index (χ1v) is 7.60. The molecule has 0 aliphatic rings. The molecular weight excluding hydrogens is 346 g/mol. The van der Waals surface area contributed by atoms with Gasteiger partial charge in [0.05, 0.1) is 25.4 Å². The average Bonchev–Trinajstić information content (AvgIpc) is 2.62. The lowest BCUT2D eigenvalue weighted by molar-refractivity contribution is -0.120. The summed E-state index contributed by atoms with van der Waals surface area (Å²) in [6.07, 6.45) is 1.25. The van der Waals surface area contributed by atoms with Crippen LogP contribution < -0.4 is 15.5 Å². The van der Waals surface area contributed by atoms with Crippen molar-refractivity contribution in [3.05, 3.63) is 58.6 Å². The highest BCUT2D eigenvalue weighted by Crippen LogP contribution is 2.19. The van der Waals surface area contributed by atoms with E-state index in [1.165, 1.54) is 31.5 Å². The van der Waals surface area contributed by atoms with Gasteiger partial charge in [-0.2, -0.15) is 5.10 Å². The summed E-state index contributed by atoms with van der Waals surface area (Å²) in [4.78, 5) is 23.8. The van der Waals surface area contributed by atoms with Crippen LogP contribution in [-0.4, -0.2) is 36.8 Å². The minimum atomic E-state index is -0.527. The molecular formula is C17H16ClN3O4. The molecule has 0 fully saturated rings. The Morgan fingerprint density at radius 1 is 1.28 bits per heavy atom. The third-order valence-electron chi connectivity index (χ3n) is 3.14. The molecule has 8 heteroatoms. The van der Waals surface area contributed by atoms with Gasteiger partial charge in [-0.3, -0.25) is 9.59 Å². The van der Waals surface area contributed by atoms with E-state index in [9.17, 15) is 14.7 Å². The molecule has 0 bridgehead atoms. The van der Waals surface area contributed by atoms with Gasteiger partial charge in [-0.25, -0.2) is 5.43 Å². The van der Waals surface area contributed by atoms with Crippen LogP contribution in [0.2, 0.25) is 5.02 Å². The van der Waals surface area contributed by atoms with E-state index in [-0.39, 0.29) is 12.3 Å². The topological polar surface area (TPSA) is 100 Å². The minimum absolute atomic E-state index is 0.0214. The van der Waals surface area contributed by atoms with Gasteiger partial charge in [-0.05, 0) is 30.3 Å². The monoisotopic (exact) mass is 361 g/mol. The number of ether oxygens (including phenoxy) is 1. The molecule has 2 amide bonds. The van der Waals surface area contributed by atoms with Crippen LogP contribution in [-0.2, 0) is 4.79 Å². The lowest BCUT2D eigenvalue weighted by Gasteiger charge is -2.08. The van der Waals surface area contributed by atoms with Gasteiger partial charge in [0.2, 0.25) is 0 Å². The van der Waals surface area contributed by atoms with Crippen molar-refractivity contribution in [3.63, 3.8) is 0 Å². The van der Waals surface area contributed by atoms with Crippen molar-refractivity contribution in [1.29, 1.82) is 0 Å². The summed E-state index contributed by atoms with van der Waals surface area (Å²) in [5.74, 6) is -0.577. The summed E-state index contributed by atoms with van der Waals surface area (Å²) < 4.78 is 5.09. The Hall–Kier alpha value is -3.06. The van der Waals surface area contributed by atoms with Gasteiger partial charge in [0.25, 0.3) is 11.8 Å². The maximum Gasteiger partial charge on any atom is 0.259 e. The van der Waals surface area contributed by atoms with Crippen LogP contribution in [0.5, 0.6) is 11.5 Å². The molecule has 0 unspecified atom stereocenters. The summed E-state index contributed by atoms with van der Waals surface area (Å²) in [6, 6.07) is 11.1. The number of rotatable bonds is 6. The lowest BCUT2D eigenvalue weighted by Crippen LogP contribution is -2.35. The number of para-hydroxylation sites is 1. The highest BCUT2D eigenvalue weighted by molar-refractivity contribution is 6.30. The molecule has 0 saturated heterocycles. The number of halogens is 1. The standard InChI is InChI=1S/C17H16ClN3O4/c1-25-15-5-3-2-4-13(15)17(24)19-10-16(23)21-20-9-11-8-12(18)6-7-14(11)22/h2-9,22H,10H2,1H3,(H,19,24)(H,21,23). The zero-order chi connectivity index (χ0) is 18.2. The average molecular weight is 362 g/mol. The predicted molar refractivity (Wildman–Crippen MR) is 94.2 cm³/mol. The molecule has 0 radical (unpaired) electrons. The van der Waals surface area contributed by atoms with Gasteiger partial charge < -0.3 is 15.2 Å². The summed E-state index contributed by atoms with van der Waals surface area (Å²) in [5, 5.41) is 16.2. The molecule has 0 aliphatic heterocycles. The van der Waals surface area contributed by atoms with Crippen LogP contribution in [0.4, 0.5) is 0 Å². The number of benzene rings is 2. The van der Waals surface area contributed by atoms with Crippen molar-refractivity contribution in [3.8, 4) is 11.5 Å². The van der Waals surface area contributed by atoms with E-state index in [1.54, 1.807) is 24.3 Å². The Morgan fingerprint density at radius 2 is 2.04 bits per heavy atom. The third-order valence-corrected chi connectivity index (χ3v) is 3.38. The Balaban J connectivity index is 1.87. The quantitative estimate of drug-likeness (QED) is 0.540. The molecule has 0 saturated carbocycles. The van der Waals surface area contributed by atoms with Crippen molar-refractivity contribution >= 4 is 29.6 Å². The van der Waals surface area contributed by atoms with E-state index < -0.39 is 11.8 Å². The van der Waals surface area contributed by atoms with Gasteiger partial charge in [0.15, 0.2) is 0 Å². The largest absolute Gasteiger partial charge is 0.507 e. The van der Waals surface area contributed by atoms with E-state index >= 15 is 0 Å². The number of nitrogens with one attached hydrogen (secondary N) is 2. The number of aromatic hydroxyl groups is 1. The van der Waals surface area contributed by atoms with Crippen LogP contribution in [0.25, 0.3) is 0 Å². The number of phenolic OH excluding ortho intramolecular Hbond substituents is 1. The number of hydrogen-bond acceptors (Lipinski definition) is 5. The van der Waals surface area contributed by atoms with Crippen molar-refractivity contribution in [1.82, 2.24) is 10.7 Å². The fraction of sp³-hybridized carbons (Fsp3) is 0.118. The summed E-state index contributed by atoms with van der Waals surface area (Å²) in [6.45, 7) is -0.268. The highest BCUT2D eigenvalue weighted by atomic mass is 35.5. The van der Waals surface area contributed by atoms with Crippen LogP contribution >= 0.6 is 11.6 Å². The van der Waals surface area contributed by atoms with E-state index in [2.05, 4.69) is 15.8 Å². The van der Waals surface area contributed by atoms with Gasteiger partial charge >= 0.3 is 0 Å². The van der Waals surface area contributed by atoms with E-state index in [0.717, 1.165) is 0 Å². The molecule has 0 spiro atoms. The van der Waals surface area contributed by atoms with Crippen molar-refractivity contribution in [2.24, 2.45) is 5.10 Å². The number of carbonyl (C=O) groups is 2. The maximum absolute atomic E-state index is 12.0. The number of hydrazone groups is 1. The normalized spacial score (nSPS) is 10.5. The summed E-state index contributed by atoms with van der Waals surface area (Å²) >= 11 is 5.81. The van der Waals surface area contributed by atoms with E-state index in [0.29, 0.717) is 21.9 Å². The van der Waals surface area contributed by atoms with Crippen LogP contribution in [0.15, 0.2) is 47.6 Å². The molecule has 2 aromatic rings. The van der Waals surface area contributed by atoms with Crippen molar-refractivity contribution < 1.29 is 19.4 Å². The first-order valence-electron chi connectivity index (χ1n) is 7.23. The molecule has 130 valence electrons. The van der Waals surface area contributed by atoms with Gasteiger partial charge in [-0.15, -0.1) is 0 Å². The molecule has 0 heterocycles. The number of nitrogens with zero attached hydrogens (tertiary/aromatic N) is 1. The number of methoxy groups -OCH3 is 1. The predicted octanol–water partition coefficient (Wildman–Crippen LogP) is 1.93. The van der Waals surface area contributed by atoms with Crippen molar-refractivity contribution in [2.45, 2.75) is 0 Å². The smallest absolute Gasteiger partial charge is 0.259 e. The summed E-state index contributed by atoms with van der Waals surface area (Å²) in [7, 11) is 1.46. The molecule has 3 N–H and O–H groups in total. The summed E-state index contributed by atoms with van der Waals surface area (Å²) in [5.41, 5.74) is 2.92. The van der Waals surface area contributed by atoms with Crippen molar-refractivity contribution in [2.75, 3.05) is 13.7 Å². The Bertz CT molecular complexity index is 808. The van der Waals surface area contributed by atoms with Crippen LogP contribution in [0.1, 0.15) is 15.9 Å². The number of carbonyl (C=O) groups excluding carboxylic acids is 2. The molecule has 2 rings (SSSR count). The number of hydrogen-bond donors (Lipinski definition) is 3. The van der Waals surface area contributed by atoms with Crippen LogP contribution in [0.3, 0.4) is 0 Å². The van der Waals surface area contributed by atoms with Gasteiger partial charge in [0.1, 0.15) is 11.5 Å². The van der Waals surface area contributed by atoms with Gasteiger partial charge in [0, 0.05) is 10.6 Å². The second-order valence-corrected chi connectivity index (χ2v) is 5.32. The fourth-order valence-corrected chi connectivity index (χ4v) is 2.11. The number of phenols is 1. The van der Waals surface area contributed by atoms with Gasteiger partial charge in [-0.1, -0.05) is 23.7 Å². The second-order valence-electron chi connectivity index (χ2n) is 4.88. The Kier molecular flexibility index (Phi) is 6.36. The lowest BCUT2D eigenvalue weighted by atomic mass is 10.2. The zero-order valence-corrected chi connectivity index (χ0v) is 14.1. The zero-order valence-electron chi connectivity index (χ0n) is 13.3. The molecule has 2 aromatic carbocycles. The molecule has 7 nitrogen and oxygen atoms in total. The van der Waals surface area contributed by atoms with E-state index in [1.807, 2.05) is 0 Å². The first-order chi connectivity index (χ1) is 12.0. The Labute approximate surface area is 149 Å². The molecule has 0 aromatic heterocycles. The molecule has 0 aliphatic carbocycles. The number of amides is 2. The molecule has 0 atom stereocenters. The first kappa shape index (κ1) is 18.3.